The third-order valence-electron chi connectivity index (χ3n) is 2.10. The normalized spacial score (nSPS) is 12.8. The zero-order chi connectivity index (χ0) is 10.6. The van der Waals surface area contributed by atoms with Gasteiger partial charge in [-0.2, -0.15) is 0 Å². The summed E-state index contributed by atoms with van der Waals surface area (Å²) in [6, 6.07) is 2.06. The number of alkyl halides is 1. The molecule has 0 saturated carbocycles. The van der Waals surface area contributed by atoms with E-state index >= 15 is 0 Å². The van der Waals surface area contributed by atoms with Crippen molar-refractivity contribution in [3.8, 4) is 0 Å². The van der Waals surface area contributed by atoms with Crippen LogP contribution in [0.3, 0.4) is 0 Å². The van der Waals surface area contributed by atoms with Gasteiger partial charge in [-0.05, 0) is 41.8 Å². The van der Waals surface area contributed by atoms with Gasteiger partial charge in [0.25, 0.3) is 0 Å². The number of carbonyl (C=O) groups is 1. The Labute approximate surface area is 102 Å². The molecule has 0 saturated heterocycles. The molecular formula is C10H12BrClOS. The van der Waals surface area contributed by atoms with Gasteiger partial charge in [-0.25, -0.2) is 0 Å². The van der Waals surface area contributed by atoms with Gasteiger partial charge >= 0.3 is 0 Å². The Hall–Kier alpha value is 0.140. The van der Waals surface area contributed by atoms with Crippen LogP contribution in [0.15, 0.2) is 15.9 Å². The van der Waals surface area contributed by atoms with E-state index in [-0.39, 0.29) is 11.7 Å². The standard InChI is InChI=1S/C10H12BrClOS/c1-7(13)8(2-3-12)4-10-5-9(11)6-14-10/h5-6,8H,2-4H2,1H3. The Balaban J connectivity index is 2.59. The summed E-state index contributed by atoms with van der Waals surface area (Å²) < 4.78 is 1.09. The van der Waals surface area contributed by atoms with Crippen molar-refractivity contribution < 1.29 is 4.79 Å². The third kappa shape index (κ3) is 3.71. The minimum atomic E-state index is 0.0815. The molecule has 1 heterocycles. The largest absolute Gasteiger partial charge is 0.300 e. The van der Waals surface area contributed by atoms with E-state index in [4.69, 9.17) is 11.6 Å². The highest BCUT2D eigenvalue weighted by Crippen LogP contribution is 2.24. The Bertz CT molecular complexity index is 311. The molecule has 1 unspecified atom stereocenters. The molecule has 1 atom stereocenters. The molecule has 14 heavy (non-hydrogen) atoms. The van der Waals surface area contributed by atoms with Gasteiger partial charge in [0.2, 0.25) is 0 Å². The number of halogens is 2. The number of Topliss-reactive ketones (excluding diaryl/α,β-unsaturated/α-hetero) is 1. The summed E-state index contributed by atoms with van der Waals surface area (Å²) in [4.78, 5) is 12.5. The number of ketones is 1. The van der Waals surface area contributed by atoms with Crippen molar-refractivity contribution >= 4 is 44.7 Å². The number of thiophene rings is 1. The van der Waals surface area contributed by atoms with Crippen LogP contribution >= 0.6 is 38.9 Å². The molecule has 1 nitrogen and oxygen atoms in total. The summed E-state index contributed by atoms with van der Waals surface area (Å²) >= 11 is 10.7. The summed E-state index contributed by atoms with van der Waals surface area (Å²) in [5.74, 6) is 0.866. The lowest BCUT2D eigenvalue weighted by molar-refractivity contribution is -0.120. The lowest BCUT2D eigenvalue weighted by atomic mass is 9.97. The van der Waals surface area contributed by atoms with E-state index in [1.54, 1.807) is 18.3 Å². The van der Waals surface area contributed by atoms with Gasteiger partial charge < -0.3 is 0 Å². The first-order valence-electron chi connectivity index (χ1n) is 4.42. The first kappa shape index (κ1) is 12.2. The van der Waals surface area contributed by atoms with E-state index < -0.39 is 0 Å². The van der Waals surface area contributed by atoms with Gasteiger partial charge in [-0.15, -0.1) is 22.9 Å². The molecule has 0 N–H and O–H groups in total. The van der Waals surface area contributed by atoms with Crippen molar-refractivity contribution in [1.29, 1.82) is 0 Å². The Kier molecular flexibility index (Phi) is 5.13. The first-order valence-corrected chi connectivity index (χ1v) is 6.63. The predicted molar refractivity (Wildman–Crippen MR) is 65.2 cm³/mol. The molecule has 0 aliphatic carbocycles. The number of hydrogen-bond acceptors (Lipinski definition) is 2. The highest BCUT2D eigenvalue weighted by Gasteiger charge is 2.15. The van der Waals surface area contributed by atoms with E-state index in [1.165, 1.54) is 4.88 Å². The molecule has 0 aliphatic heterocycles. The average Bonchev–Trinajstić information content (AvgIpc) is 2.50. The van der Waals surface area contributed by atoms with Crippen LogP contribution in [0.1, 0.15) is 18.2 Å². The molecule has 1 aromatic heterocycles. The highest BCUT2D eigenvalue weighted by atomic mass is 79.9. The lowest BCUT2D eigenvalue weighted by Gasteiger charge is -2.09. The second-order valence-corrected chi connectivity index (χ2v) is 5.51. The molecule has 0 fully saturated rings. The van der Waals surface area contributed by atoms with Crippen LogP contribution in [-0.4, -0.2) is 11.7 Å². The van der Waals surface area contributed by atoms with E-state index in [2.05, 4.69) is 22.0 Å². The minimum absolute atomic E-state index is 0.0815. The Morgan fingerprint density at radius 1 is 1.71 bits per heavy atom. The summed E-state index contributed by atoms with van der Waals surface area (Å²) in [6.45, 7) is 1.64. The average molecular weight is 296 g/mol. The second kappa shape index (κ2) is 5.89. The second-order valence-electron chi connectivity index (χ2n) is 3.22. The van der Waals surface area contributed by atoms with Crippen LogP contribution in [0.5, 0.6) is 0 Å². The quantitative estimate of drug-likeness (QED) is 0.753. The fourth-order valence-corrected chi connectivity index (χ4v) is 3.08. The molecule has 0 spiro atoms. The molecular weight excluding hydrogens is 284 g/mol. The van der Waals surface area contributed by atoms with E-state index in [9.17, 15) is 4.79 Å². The first-order chi connectivity index (χ1) is 6.63. The van der Waals surface area contributed by atoms with Crippen molar-refractivity contribution in [2.75, 3.05) is 5.88 Å². The molecule has 1 aromatic rings. The predicted octanol–water partition coefficient (Wildman–Crippen LogP) is 3.89. The van der Waals surface area contributed by atoms with Crippen molar-refractivity contribution in [3.05, 3.63) is 20.8 Å². The summed E-state index contributed by atoms with van der Waals surface area (Å²) in [6.07, 6.45) is 1.59. The SMILES string of the molecule is CC(=O)C(CCCl)Cc1cc(Br)cs1. The van der Waals surface area contributed by atoms with Crippen LogP contribution in [0.4, 0.5) is 0 Å². The van der Waals surface area contributed by atoms with Gasteiger partial charge in [0.15, 0.2) is 0 Å². The van der Waals surface area contributed by atoms with E-state index in [0.29, 0.717) is 5.88 Å². The van der Waals surface area contributed by atoms with Gasteiger partial charge in [-0.1, -0.05) is 0 Å². The van der Waals surface area contributed by atoms with Crippen LogP contribution < -0.4 is 0 Å². The maximum Gasteiger partial charge on any atom is 0.133 e. The molecule has 0 radical (unpaired) electrons. The number of hydrogen-bond donors (Lipinski definition) is 0. The van der Waals surface area contributed by atoms with E-state index in [1.807, 2.05) is 5.38 Å². The van der Waals surface area contributed by atoms with Crippen LogP contribution in [0.25, 0.3) is 0 Å². The highest BCUT2D eigenvalue weighted by molar-refractivity contribution is 9.10. The van der Waals surface area contributed by atoms with Gasteiger partial charge in [0.1, 0.15) is 5.78 Å². The van der Waals surface area contributed by atoms with Gasteiger partial charge in [0.05, 0.1) is 0 Å². The van der Waals surface area contributed by atoms with Crippen LogP contribution in [-0.2, 0) is 11.2 Å². The van der Waals surface area contributed by atoms with Crippen molar-refractivity contribution in [1.82, 2.24) is 0 Å². The minimum Gasteiger partial charge on any atom is -0.300 e. The number of carbonyl (C=O) groups excluding carboxylic acids is 1. The zero-order valence-corrected chi connectivity index (χ0v) is 11.1. The molecule has 0 aromatic carbocycles. The van der Waals surface area contributed by atoms with Crippen molar-refractivity contribution in [2.24, 2.45) is 5.92 Å². The smallest absolute Gasteiger partial charge is 0.133 e. The Morgan fingerprint density at radius 2 is 2.43 bits per heavy atom. The van der Waals surface area contributed by atoms with E-state index in [0.717, 1.165) is 17.3 Å². The molecule has 0 aliphatic rings. The lowest BCUT2D eigenvalue weighted by Crippen LogP contribution is -2.13. The van der Waals surface area contributed by atoms with Crippen LogP contribution in [0.2, 0.25) is 0 Å². The number of rotatable bonds is 5. The zero-order valence-electron chi connectivity index (χ0n) is 7.93. The fourth-order valence-electron chi connectivity index (χ4n) is 1.28. The monoisotopic (exact) mass is 294 g/mol. The molecule has 1 rings (SSSR count). The third-order valence-corrected chi connectivity index (χ3v) is 4.04. The van der Waals surface area contributed by atoms with Crippen molar-refractivity contribution in [2.45, 2.75) is 19.8 Å². The molecule has 0 bridgehead atoms. The maximum absolute atomic E-state index is 11.3. The van der Waals surface area contributed by atoms with Gasteiger partial charge in [-0.3, -0.25) is 4.79 Å². The molecule has 4 heteroatoms. The summed E-state index contributed by atoms with van der Waals surface area (Å²) in [7, 11) is 0. The fraction of sp³-hybridized carbons (Fsp3) is 0.500. The van der Waals surface area contributed by atoms with Gasteiger partial charge in [0, 0.05) is 26.5 Å². The molecule has 78 valence electrons. The molecule has 0 amide bonds. The maximum atomic E-state index is 11.3. The summed E-state index contributed by atoms with van der Waals surface area (Å²) in [5, 5.41) is 2.03. The summed E-state index contributed by atoms with van der Waals surface area (Å²) in [5.41, 5.74) is 0. The Morgan fingerprint density at radius 3 is 2.86 bits per heavy atom. The topological polar surface area (TPSA) is 17.1 Å². The van der Waals surface area contributed by atoms with Crippen molar-refractivity contribution in [3.63, 3.8) is 0 Å². The van der Waals surface area contributed by atoms with Crippen LogP contribution in [0, 0.1) is 5.92 Å².